The Hall–Kier alpha value is -1.56. The molecule has 0 aromatic carbocycles. The molecule has 5 nitrogen and oxygen atoms in total. The Morgan fingerprint density at radius 2 is 2.11 bits per heavy atom. The van der Waals surface area contributed by atoms with E-state index in [2.05, 4.69) is 4.98 Å². The molecule has 0 radical (unpaired) electrons. The zero-order valence-electron chi connectivity index (χ0n) is 10.5. The predicted molar refractivity (Wildman–Crippen MR) is 71.9 cm³/mol. The highest BCUT2D eigenvalue weighted by atomic mass is 32.2. The van der Waals surface area contributed by atoms with E-state index in [9.17, 15) is 13.5 Å². The number of aromatic hydroxyl groups is 1. The molecular formula is C13H16N2O3S. The number of sulfone groups is 1. The van der Waals surface area contributed by atoms with Crippen LogP contribution < -0.4 is 0 Å². The normalized spacial score (nSPS) is 19.8. The third kappa shape index (κ3) is 2.58. The van der Waals surface area contributed by atoms with Crippen LogP contribution in [0.5, 0.6) is 5.75 Å². The van der Waals surface area contributed by atoms with Crippen molar-refractivity contribution < 1.29 is 13.5 Å². The topological polar surface area (TPSA) is 71.7 Å². The Labute approximate surface area is 111 Å². The maximum absolute atomic E-state index is 11.4. The van der Waals surface area contributed by atoms with Gasteiger partial charge in [-0.15, -0.1) is 0 Å². The third-order valence-electron chi connectivity index (χ3n) is 3.74. The van der Waals surface area contributed by atoms with Crippen molar-refractivity contribution in [2.24, 2.45) is 5.92 Å². The lowest BCUT2D eigenvalue weighted by Crippen LogP contribution is -2.25. The molecule has 0 saturated carbocycles. The SMILES string of the molecule is O=S1(=O)CCC(Cc2ncc3cc(O)ccn23)CC1. The highest BCUT2D eigenvalue weighted by Crippen LogP contribution is 2.23. The van der Waals surface area contributed by atoms with Crippen molar-refractivity contribution >= 4 is 15.4 Å². The fraction of sp³-hybridized carbons (Fsp3) is 0.462. The summed E-state index contributed by atoms with van der Waals surface area (Å²) in [4.78, 5) is 4.37. The van der Waals surface area contributed by atoms with Crippen molar-refractivity contribution in [2.75, 3.05) is 11.5 Å². The summed E-state index contributed by atoms with van der Waals surface area (Å²) < 4.78 is 24.7. The zero-order chi connectivity index (χ0) is 13.5. The lowest BCUT2D eigenvalue weighted by Gasteiger charge is -2.21. The monoisotopic (exact) mass is 280 g/mol. The van der Waals surface area contributed by atoms with Crippen LogP contribution in [0.4, 0.5) is 0 Å². The van der Waals surface area contributed by atoms with Gasteiger partial charge in [0.1, 0.15) is 21.4 Å². The van der Waals surface area contributed by atoms with Gasteiger partial charge < -0.3 is 9.51 Å². The van der Waals surface area contributed by atoms with E-state index in [1.807, 2.05) is 4.40 Å². The Morgan fingerprint density at radius 3 is 2.84 bits per heavy atom. The Balaban J connectivity index is 1.79. The fourth-order valence-corrected chi connectivity index (χ4v) is 4.18. The van der Waals surface area contributed by atoms with E-state index in [-0.39, 0.29) is 5.75 Å². The number of nitrogens with zero attached hydrogens (tertiary/aromatic N) is 2. The molecule has 2 aromatic rings. The Kier molecular flexibility index (Phi) is 2.97. The van der Waals surface area contributed by atoms with Crippen LogP contribution in [0.2, 0.25) is 0 Å². The summed E-state index contributed by atoms with van der Waals surface area (Å²) in [5, 5.41) is 9.41. The molecule has 0 bridgehead atoms. The van der Waals surface area contributed by atoms with Crippen LogP contribution in [0.3, 0.4) is 0 Å². The van der Waals surface area contributed by atoms with E-state index >= 15 is 0 Å². The molecular weight excluding hydrogens is 264 g/mol. The van der Waals surface area contributed by atoms with Crippen LogP contribution in [0.15, 0.2) is 24.5 Å². The van der Waals surface area contributed by atoms with Crippen molar-refractivity contribution in [1.29, 1.82) is 0 Å². The first kappa shape index (κ1) is 12.5. The average molecular weight is 280 g/mol. The molecule has 3 heterocycles. The summed E-state index contributed by atoms with van der Waals surface area (Å²) in [7, 11) is -2.80. The summed E-state index contributed by atoms with van der Waals surface area (Å²) >= 11 is 0. The minimum Gasteiger partial charge on any atom is -0.508 e. The van der Waals surface area contributed by atoms with E-state index in [4.69, 9.17) is 0 Å². The first-order valence-electron chi connectivity index (χ1n) is 6.39. The zero-order valence-corrected chi connectivity index (χ0v) is 11.3. The van der Waals surface area contributed by atoms with Crippen LogP contribution in [0.1, 0.15) is 18.7 Å². The molecule has 6 heteroatoms. The molecule has 1 fully saturated rings. The van der Waals surface area contributed by atoms with Gasteiger partial charge in [-0.3, -0.25) is 0 Å². The molecule has 1 saturated heterocycles. The Bertz CT molecular complexity index is 692. The van der Waals surface area contributed by atoms with Gasteiger partial charge in [0.15, 0.2) is 0 Å². The second-order valence-corrected chi connectivity index (χ2v) is 7.46. The fourth-order valence-electron chi connectivity index (χ4n) is 2.60. The molecule has 1 aliphatic heterocycles. The molecule has 19 heavy (non-hydrogen) atoms. The van der Waals surface area contributed by atoms with Crippen LogP contribution >= 0.6 is 0 Å². The number of aromatic nitrogens is 2. The summed E-state index contributed by atoms with van der Waals surface area (Å²) in [6.07, 6.45) is 5.75. The molecule has 0 spiro atoms. The van der Waals surface area contributed by atoms with Gasteiger partial charge in [0.25, 0.3) is 0 Å². The third-order valence-corrected chi connectivity index (χ3v) is 5.45. The predicted octanol–water partition coefficient (Wildman–Crippen LogP) is 1.41. The highest BCUT2D eigenvalue weighted by Gasteiger charge is 2.24. The number of rotatable bonds is 2. The van der Waals surface area contributed by atoms with Crippen molar-refractivity contribution in [2.45, 2.75) is 19.3 Å². The summed E-state index contributed by atoms with van der Waals surface area (Å²) in [5.41, 5.74) is 0.860. The van der Waals surface area contributed by atoms with Crippen LogP contribution in [-0.2, 0) is 16.3 Å². The standard InChI is InChI=1S/C13H16N2O3S/c16-12-1-4-15-11(8-12)9-14-13(15)7-10-2-5-19(17,18)6-3-10/h1,4,8-10,16H,2-3,5-7H2. The minimum atomic E-state index is -2.80. The molecule has 102 valence electrons. The molecule has 1 aliphatic rings. The Morgan fingerprint density at radius 1 is 1.37 bits per heavy atom. The van der Waals surface area contributed by atoms with Gasteiger partial charge in [0, 0.05) is 18.7 Å². The maximum Gasteiger partial charge on any atom is 0.150 e. The van der Waals surface area contributed by atoms with Crippen molar-refractivity contribution in [3.05, 3.63) is 30.4 Å². The van der Waals surface area contributed by atoms with E-state index in [0.29, 0.717) is 17.4 Å². The second kappa shape index (κ2) is 4.52. The van der Waals surface area contributed by atoms with Crippen molar-refractivity contribution in [1.82, 2.24) is 9.38 Å². The molecule has 0 amide bonds. The highest BCUT2D eigenvalue weighted by molar-refractivity contribution is 7.91. The van der Waals surface area contributed by atoms with Gasteiger partial charge in [0.05, 0.1) is 23.2 Å². The number of hydrogen-bond acceptors (Lipinski definition) is 4. The van der Waals surface area contributed by atoms with Crippen LogP contribution in [0.25, 0.3) is 5.52 Å². The smallest absolute Gasteiger partial charge is 0.150 e. The number of pyridine rings is 1. The van der Waals surface area contributed by atoms with Crippen molar-refractivity contribution in [3.8, 4) is 5.75 Å². The average Bonchev–Trinajstić information content (AvgIpc) is 2.74. The number of hydrogen-bond donors (Lipinski definition) is 1. The molecule has 0 aliphatic carbocycles. The second-order valence-electron chi connectivity index (χ2n) is 5.15. The van der Waals surface area contributed by atoms with Gasteiger partial charge in [-0.1, -0.05) is 0 Å². The summed E-state index contributed by atoms with van der Waals surface area (Å²) in [6.45, 7) is 0. The van der Waals surface area contributed by atoms with Crippen LogP contribution in [0, 0.1) is 5.92 Å². The van der Waals surface area contributed by atoms with Gasteiger partial charge in [-0.05, 0) is 24.8 Å². The number of imidazole rings is 1. The summed E-state index contributed by atoms with van der Waals surface area (Å²) in [5.74, 6) is 2.12. The summed E-state index contributed by atoms with van der Waals surface area (Å²) in [6, 6.07) is 3.30. The molecule has 2 aromatic heterocycles. The number of fused-ring (bicyclic) bond motifs is 1. The quantitative estimate of drug-likeness (QED) is 0.902. The van der Waals surface area contributed by atoms with E-state index in [1.54, 1.807) is 24.5 Å². The van der Waals surface area contributed by atoms with Gasteiger partial charge >= 0.3 is 0 Å². The van der Waals surface area contributed by atoms with Gasteiger partial charge in [0.2, 0.25) is 0 Å². The first-order chi connectivity index (χ1) is 9.03. The largest absolute Gasteiger partial charge is 0.508 e. The van der Waals surface area contributed by atoms with Crippen LogP contribution in [-0.4, -0.2) is 34.4 Å². The first-order valence-corrected chi connectivity index (χ1v) is 8.21. The molecule has 1 N–H and O–H groups in total. The van der Waals surface area contributed by atoms with E-state index < -0.39 is 9.84 Å². The van der Waals surface area contributed by atoms with Gasteiger partial charge in [-0.25, -0.2) is 13.4 Å². The lowest BCUT2D eigenvalue weighted by atomic mass is 9.98. The van der Waals surface area contributed by atoms with E-state index in [1.165, 1.54) is 0 Å². The molecule has 3 rings (SSSR count). The molecule has 0 atom stereocenters. The molecule has 0 unspecified atom stereocenters. The van der Waals surface area contributed by atoms with Gasteiger partial charge in [-0.2, -0.15) is 0 Å². The maximum atomic E-state index is 11.4. The van der Waals surface area contributed by atoms with Crippen molar-refractivity contribution in [3.63, 3.8) is 0 Å². The minimum absolute atomic E-state index is 0.225. The lowest BCUT2D eigenvalue weighted by molar-refractivity contribution is 0.453. The van der Waals surface area contributed by atoms with E-state index in [0.717, 1.165) is 30.6 Å².